The Bertz CT molecular complexity index is 580. The molecule has 0 aromatic carbocycles. The van der Waals surface area contributed by atoms with Crippen LogP contribution in [0.3, 0.4) is 0 Å². The van der Waals surface area contributed by atoms with Gasteiger partial charge in [0.2, 0.25) is 5.95 Å². The first-order chi connectivity index (χ1) is 9.81. The Hall–Kier alpha value is -1.36. The van der Waals surface area contributed by atoms with E-state index < -0.39 is 0 Å². The lowest BCUT2D eigenvalue weighted by Gasteiger charge is -2.19. The molecule has 0 aliphatic carbocycles. The molecule has 0 amide bonds. The molecule has 1 aliphatic heterocycles. The zero-order valence-corrected chi connectivity index (χ0v) is 13.0. The van der Waals surface area contributed by atoms with Crippen LogP contribution in [0.25, 0.3) is 10.2 Å². The second-order valence-corrected chi connectivity index (χ2v) is 6.32. The molecule has 1 fully saturated rings. The van der Waals surface area contributed by atoms with Crippen molar-refractivity contribution in [1.82, 2.24) is 9.97 Å². The molecule has 3 rings (SSSR count). The molecule has 3 heterocycles. The average molecular weight is 290 g/mol. The number of nitrogens with one attached hydrogen (secondary N) is 1. The highest BCUT2D eigenvalue weighted by Gasteiger charge is 2.25. The maximum Gasteiger partial charge on any atom is 0.226 e. The third kappa shape index (κ3) is 2.59. The van der Waals surface area contributed by atoms with Gasteiger partial charge in [0.05, 0.1) is 5.39 Å². The maximum absolute atomic E-state index is 4.75. The summed E-state index contributed by atoms with van der Waals surface area (Å²) in [5, 5.41) is 6.56. The van der Waals surface area contributed by atoms with Crippen LogP contribution in [0, 0.1) is 5.92 Å². The summed E-state index contributed by atoms with van der Waals surface area (Å²) < 4.78 is 0. The molecule has 0 radical (unpaired) electrons. The van der Waals surface area contributed by atoms with Crippen molar-refractivity contribution >= 4 is 33.3 Å². The van der Waals surface area contributed by atoms with Crippen LogP contribution in [0.1, 0.15) is 33.1 Å². The highest BCUT2D eigenvalue weighted by Crippen LogP contribution is 2.33. The van der Waals surface area contributed by atoms with Crippen LogP contribution in [-0.4, -0.2) is 29.6 Å². The summed E-state index contributed by atoms with van der Waals surface area (Å²) in [5.41, 5.74) is 0. The lowest BCUT2D eigenvalue weighted by atomic mass is 10.0. The number of rotatable bonds is 5. The normalized spacial score (nSPS) is 18.9. The van der Waals surface area contributed by atoms with Gasteiger partial charge in [-0.05, 0) is 37.1 Å². The molecule has 4 nitrogen and oxygen atoms in total. The summed E-state index contributed by atoms with van der Waals surface area (Å²) >= 11 is 1.69. The van der Waals surface area contributed by atoms with E-state index in [9.17, 15) is 0 Å². The fourth-order valence-electron chi connectivity index (χ4n) is 2.99. The minimum absolute atomic E-state index is 0.761. The van der Waals surface area contributed by atoms with Crippen LogP contribution < -0.4 is 10.2 Å². The first-order valence-electron chi connectivity index (χ1n) is 7.55. The van der Waals surface area contributed by atoms with Crippen molar-refractivity contribution in [3.8, 4) is 0 Å². The van der Waals surface area contributed by atoms with Gasteiger partial charge in [0.1, 0.15) is 10.6 Å². The predicted octanol–water partition coefficient (Wildman–Crippen LogP) is 3.75. The van der Waals surface area contributed by atoms with Gasteiger partial charge in [0, 0.05) is 19.6 Å². The van der Waals surface area contributed by atoms with Crippen LogP contribution in [0.4, 0.5) is 11.8 Å². The third-order valence-corrected chi connectivity index (χ3v) is 4.73. The Morgan fingerprint density at radius 3 is 3.10 bits per heavy atom. The van der Waals surface area contributed by atoms with Gasteiger partial charge in [0.15, 0.2) is 0 Å². The quantitative estimate of drug-likeness (QED) is 0.910. The van der Waals surface area contributed by atoms with E-state index in [1.807, 2.05) is 0 Å². The second kappa shape index (κ2) is 5.95. The molecule has 5 heteroatoms. The van der Waals surface area contributed by atoms with E-state index in [2.05, 4.69) is 40.5 Å². The Morgan fingerprint density at radius 2 is 2.30 bits per heavy atom. The lowest BCUT2D eigenvalue weighted by molar-refractivity contribution is 0.529. The van der Waals surface area contributed by atoms with E-state index in [0.29, 0.717) is 0 Å². The molecule has 20 heavy (non-hydrogen) atoms. The van der Waals surface area contributed by atoms with Crippen molar-refractivity contribution in [2.75, 3.05) is 29.9 Å². The summed E-state index contributed by atoms with van der Waals surface area (Å²) in [4.78, 5) is 12.9. The van der Waals surface area contributed by atoms with Crippen molar-refractivity contribution in [1.29, 1.82) is 0 Å². The first-order valence-corrected chi connectivity index (χ1v) is 8.43. The molecule has 108 valence electrons. The minimum Gasteiger partial charge on any atom is -0.356 e. The molecule has 1 saturated heterocycles. The molecule has 0 saturated carbocycles. The molecule has 1 N–H and O–H groups in total. The SMILES string of the molecule is CCCC1CCN(c2nc(NCC)nc3sccc23)C1. The Morgan fingerprint density at radius 1 is 1.40 bits per heavy atom. The Labute approximate surface area is 124 Å². The zero-order chi connectivity index (χ0) is 13.9. The number of anilines is 2. The van der Waals surface area contributed by atoms with Crippen LogP contribution in [0.5, 0.6) is 0 Å². The molecule has 0 spiro atoms. The van der Waals surface area contributed by atoms with Gasteiger partial charge < -0.3 is 10.2 Å². The van der Waals surface area contributed by atoms with Crippen molar-refractivity contribution in [2.45, 2.75) is 33.1 Å². The Balaban J connectivity index is 1.91. The van der Waals surface area contributed by atoms with Gasteiger partial charge in [-0.3, -0.25) is 0 Å². The van der Waals surface area contributed by atoms with E-state index in [1.54, 1.807) is 11.3 Å². The van der Waals surface area contributed by atoms with Gasteiger partial charge in [-0.25, -0.2) is 4.98 Å². The van der Waals surface area contributed by atoms with Gasteiger partial charge in [-0.2, -0.15) is 4.98 Å². The van der Waals surface area contributed by atoms with Crippen LogP contribution in [-0.2, 0) is 0 Å². The number of hydrogen-bond acceptors (Lipinski definition) is 5. The smallest absolute Gasteiger partial charge is 0.226 e. The third-order valence-electron chi connectivity index (χ3n) is 3.92. The number of nitrogens with zero attached hydrogens (tertiary/aromatic N) is 3. The standard InChI is InChI=1S/C15H22N4S/c1-3-5-11-6-8-19(10-11)13-12-7-9-20-14(12)18-15(17-13)16-4-2/h7,9,11H,3-6,8,10H2,1-2H3,(H,16,17,18). The fourth-order valence-corrected chi connectivity index (χ4v) is 3.75. The molecule has 2 aromatic heterocycles. The topological polar surface area (TPSA) is 41.1 Å². The summed E-state index contributed by atoms with van der Waals surface area (Å²) in [5.74, 6) is 2.70. The van der Waals surface area contributed by atoms with E-state index >= 15 is 0 Å². The number of thiophene rings is 1. The van der Waals surface area contributed by atoms with Crippen LogP contribution >= 0.6 is 11.3 Å². The van der Waals surface area contributed by atoms with Crippen LogP contribution in [0.15, 0.2) is 11.4 Å². The predicted molar refractivity (Wildman–Crippen MR) is 86.8 cm³/mol. The average Bonchev–Trinajstić information content (AvgIpc) is 3.07. The van der Waals surface area contributed by atoms with Crippen molar-refractivity contribution in [3.63, 3.8) is 0 Å². The highest BCUT2D eigenvalue weighted by molar-refractivity contribution is 7.16. The molecular formula is C15H22N4S. The molecule has 1 aliphatic rings. The van der Waals surface area contributed by atoms with E-state index in [-0.39, 0.29) is 0 Å². The molecular weight excluding hydrogens is 268 g/mol. The Kier molecular flexibility index (Phi) is 4.05. The number of hydrogen-bond donors (Lipinski definition) is 1. The molecule has 1 unspecified atom stereocenters. The first kappa shape index (κ1) is 13.6. The highest BCUT2D eigenvalue weighted by atomic mass is 32.1. The van der Waals surface area contributed by atoms with Crippen molar-refractivity contribution in [3.05, 3.63) is 11.4 Å². The van der Waals surface area contributed by atoms with Gasteiger partial charge >= 0.3 is 0 Å². The van der Waals surface area contributed by atoms with Crippen molar-refractivity contribution < 1.29 is 0 Å². The second-order valence-electron chi connectivity index (χ2n) is 5.43. The van der Waals surface area contributed by atoms with Gasteiger partial charge in [0.25, 0.3) is 0 Å². The largest absolute Gasteiger partial charge is 0.356 e. The zero-order valence-electron chi connectivity index (χ0n) is 12.2. The van der Waals surface area contributed by atoms with Gasteiger partial charge in [-0.15, -0.1) is 11.3 Å². The van der Waals surface area contributed by atoms with Crippen LogP contribution in [0.2, 0.25) is 0 Å². The molecule has 0 bridgehead atoms. The maximum atomic E-state index is 4.75. The number of aromatic nitrogens is 2. The fraction of sp³-hybridized carbons (Fsp3) is 0.600. The van der Waals surface area contributed by atoms with E-state index in [1.165, 1.54) is 24.6 Å². The monoisotopic (exact) mass is 290 g/mol. The summed E-state index contributed by atoms with van der Waals surface area (Å²) in [6.45, 7) is 7.47. The minimum atomic E-state index is 0.761. The number of fused-ring (bicyclic) bond motifs is 1. The summed E-state index contributed by atoms with van der Waals surface area (Å²) in [6.07, 6.45) is 3.90. The van der Waals surface area contributed by atoms with Crippen molar-refractivity contribution in [2.24, 2.45) is 5.92 Å². The lowest BCUT2D eigenvalue weighted by Crippen LogP contribution is -2.21. The van der Waals surface area contributed by atoms with E-state index in [4.69, 9.17) is 4.98 Å². The van der Waals surface area contributed by atoms with E-state index in [0.717, 1.165) is 42.1 Å². The van der Waals surface area contributed by atoms with Gasteiger partial charge in [-0.1, -0.05) is 13.3 Å². The summed E-state index contributed by atoms with van der Waals surface area (Å²) in [7, 11) is 0. The summed E-state index contributed by atoms with van der Waals surface area (Å²) in [6, 6.07) is 2.15. The molecule has 1 atom stereocenters. The molecule has 2 aromatic rings.